The number of ether oxygens (including phenoxy) is 2. The Bertz CT molecular complexity index is 339. The van der Waals surface area contributed by atoms with Gasteiger partial charge in [0.1, 0.15) is 5.60 Å². The monoisotopic (exact) mass is 286 g/mol. The van der Waals surface area contributed by atoms with Crippen LogP contribution >= 0.6 is 0 Å². The number of carbonyl (C=O) groups excluding carboxylic acids is 1. The first kappa shape index (κ1) is 17.2. The van der Waals surface area contributed by atoms with Gasteiger partial charge < -0.3 is 14.8 Å². The first-order valence-corrected chi connectivity index (χ1v) is 7.35. The fourth-order valence-electron chi connectivity index (χ4n) is 2.53. The van der Waals surface area contributed by atoms with Gasteiger partial charge in [-0.15, -0.1) is 0 Å². The molecule has 1 amide bonds. The third-order valence-corrected chi connectivity index (χ3v) is 3.83. The number of carbonyl (C=O) groups is 1. The Labute approximate surface area is 123 Å². The zero-order valence-electron chi connectivity index (χ0n) is 13.9. The summed E-state index contributed by atoms with van der Waals surface area (Å²) >= 11 is 0. The lowest BCUT2D eigenvalue weighted by atomic mass is 9.86. The van der Waals surface area contributed by atoms with Gasteiger partial charge in [0.2, 0.25) is 0 Å². The van der Waals surface area contributed by atoms with Crippen LogP contribution in [0.25, 0.3) is 0 Å². The number of amides is 1. The molecule has 1 aliphatic heterocycles. The molecule has 0 saturated carbocycles. The summed E-state index contributed by atoms with van der Waals surface area (Å²) in [6.45, 7) is 13.7. The zero-order chi connectivity index (χ0) is 15.6. The van der Waals surface area contributed by atoms with E-state index in [2.05, 4.69) is 24.1 Å². The largest absolute Gasteiger partial charge is 0.444 e. The molecule has 1 rings (SSSR count). The van der Waals surface area contributed by atoms with E-state index in [9.17, 15) is 4.79 Å². The Balaban J connectivity index is 2.69. The molecule has 1 fully saturated rings. The second-order valence-corrected chi connectivity index (χ2v) is 7.11. The van der Waals surface area contributed by atoms with Crippen LogP contribution < -0.4 is 5.32 Å². The highest BCUT2D eigenvalue weighted by molar-refractivity contribution is 5.69. The minimum atomic E-state index is -0.484. The van der Waals surface area contributed by atoms with Gasteiger partial charge in [0.25, 0.3) is 0 Å². The van der Waals surface area contributed by atoms with Crippen molar-refractivity contribution in [1.29, 1.82) is 0 Å². The summed E-state index contributed by atoms with van der Waals surface area (Å²) in [6.07, 6.45) is 0.439. The molecule has 20 heavy (non-hydrogen) atoms. The van der Waals surface area contributed by atoms with Crippen LogP contribution in [0.5, 0.6) is 0 Å². The number of nitrogens with one attached hydrogen (secondary N) is 1. The molecule has 1 saturated heterocycles. The van der Waals surface area contributed by atoms with Gasteiger partial charge in [0, 0.05) is 26.2 Å². The van der Waals surface area contributed by atoms with Crippen molar-refractivity contribution >= 4 is 6.09 Å². The molecule has 1 aliphatic rings. The van der Waals surface area contributed by atoms with E-state index in [-0.39, 0.29) is 17.7 Å². The average Bonchev–Trinajstić information content (AvgIpc) is 2.25. The quantitative estimate of drug-likeness (QED) is 0.865. The van der Waals surface area contributed by atoms with Crippen molar-refractivity contribution < 1.29 is 14.3 Å². The van der Waals surface area contributed by atoms with Crippen LogP contribution in [0, 0.1) is 0 Å². The Morgan fingerprint density at radius 3 is 2.45 bits per heavy atom. The minimum absolute atomic E-state index is 0.0360. The van der Waals surface area contributed by atoms with E-state index in [4.69, 9.17) is 9.47 Å². The Hall–Kier alpha value is -0.810. The van der Waals surface area contributed by atoms with Gasteiger partial charge in [-0.3, -0.25) is 4.90 Å². The van der Waals surface area contributed by atoms with Crippen molar-refractivity contribution in [1.82, 2.24) is 10.2 Å². The molecule has 1 heterocycles. The number of alkyl carbamates (subject to hydrolysis) is 1. The van der Waals surface area contributed by atoms with E-state index in [1.807, 2.05) is 27.7 Å². The molecule has 1 N–H and O–H groups in total. The number of methoxy groups -OCH3 is 1. The number of rotatable bonds is 3. The van der Waals surface area contributed by atoms with Crippen LogP contribution in [0.4, 0.5) is 4.79 Å². The van der Waals surface area contributed by atoms with Crippen LogP contribution in [0.3, 0.4) is 0 Å². The van der Waals surface area contributed by atoms with Crippen molar-refractivity contribution in [3.05, 3.63) is 0 Å². The van der Waals surface area contributed by atoms with Crippen LogP contribution in [-0.2, 0) is 9.47 Å². The minimum Gasteiger partial charge on any atom is -0.444 e. The lowest BCUT2D eigenvalue weighted by Gasteiger charge is -2.46. The molecular formula is C15H30N2O3. The molecular weight excluding hydrogens is 256 g/mol. The third kappa shape index (κ3) is 4.63. The van der Waals surface area contributed by atoms with Crippen LogP contribution in [0.1, 0.15) is 48.0 Å². The summed E-state index contributed by atoms with van der Waals surface area (Å²) in [5, 5.41) is 3.00. The highest BCUT2D eigenvalue weighted by Gasteiger charge is 2.42. The molecule has 2 unspecified atom stereocenters. The third-order valence-electron chi connectivity index (χ3n) is 3.83. The molecule has 0 aromatic rings. The second-order valence-electron chi connectivity index (χ2n) is 7.11. The number of nitrogens with zero attached hydrogens (tertiary/aromatic N) is 1. The molecule has 0 aliphatic carbocycles. The number of hydrogen-bond acceptors (Lipinski definition) is 4. The van der Waals surface area contributed by atoms with Gasteiger partial charge in [0.15, 0.2) is 0 Å². The number of piperidine rings is 1. The van der Waals surface area contributed by atoms with Crippen LogP contribution in [0.2, 0.25) is 0 Å². The maximum atomic E-state index is 12.0. The molecule has 0 aromatic carbocycles. The van der Waals surface area contributed by atoms with Gasteiger partial charge in [0.05, 0.1) is 11.6 Å². The number of likely N-dealkylation sites (tertiary alicyclic amines) is 1. The van der Waals surface area contributed by atoms with Gasteiger partial charge in [-0.1, -0.05) is 0 Å². The van der Waals surface area contributed by atoms with Crippen molar-refractivity contribution in [3.63, 3.8) is 0 Å². The summed E-state index contributed by atoms with van der Waals surface area (Å²) in [5.41, 5.74) is -0.871. The lowest BCUT2D eigenvalue weighted by molar-refractivity contribution is -0.0459. The first-order chi connectivity index (χ1) is 9.07. The van der Waals surface area contributed by atoms with Crippen LogP contribution in [-0.4, -0.2) is 54.5 Å². The summed E-state index contributed by atoms with van der Waals surface area (Å²) < 4.78 is 11.0. The van der Waals surface area contributed by atoms with Crippen molar-refractivity contribution in [2.45, 2.75) is 71.2 Å². The lowest BCUT2D eigenvalue weighted by Crippen LogP contribution is -2.64. The second kappa shape index (κ2) is 6.31. The normalized spacial score (nSPS) is 28.5. The maximum absolute atomic E-state index is 12.0. The zero-order valence-corrected chi connectivity index (χ0v) is 13.9. The highest BCUT2D eigenvalue weighted by atomic mass is 16.6. The smallest absolute Gasteiger partial charge is 0.408 e. The van der Waals surface area contributed by atoms with Gasteiger partial charge >= 0.3 is 6.09 Å². The first-order valence-electron chi connectivity index (χ1n) is 7.35. The maximum Gasteiger partial charge on any atom is 0.408 e. The predicted octanol–water partition coefficient (Wildman–Crippen LogP) is 2.40. The Morgan fingerprint density at radius 2 is 2.00 bits per heavy atom. The topological polar surface area (TPSA) is 50.8 Å². The van der Waals surface area contributed by atoms with E-state index in [1.165, 1.54) is 0 Å². The fraction of sp³-hybridized carbons (Fsp3) is 0.933. The molecule has 0 spiro atoms. The Kier molecular flexibility index (Phi) is 5.44. The molecule has 2 atom stereocenters. The summed E-state index contributed by atoms with van der Waals surface area (Å²) in [7, 11) is 1.70. The molecule has 5 nitrogen and oxygen atoms in total. The standard InChI is InChI=1S/C15H30N2O3/c1-11(2)17-9-8-15(6,12(10-17)19-7)16-13(18)20-14(3,4)5/h11-12H,8-10H2,1-7H3,(H,16,18). The summed E-state index contributed by atoms with van der Waals surface area (Å²) in [4.78, 5) is 14.4. The highest BCUT2D eigenvalue weighted by Crippen LogP contribution is 2.26. The molecule has 0 bridgehead atoms. The van der Waals surface area contributed by atoms with E-state index in [1.54, 1.807) is 7.11 Å². The van der Waals surface area contributed by atoms with E-state index in [0.717, 1.165) is 19.5 Å². The fourth-order valence-corrected chi connectivity index (χ4v) is 2.53. The summed E-state index contributed by atoms with van der Waals surface area (Å²) in [5.74, 6) is 0. The number of hydrogen-bond donors (Lipinski definition) is 1. The Morgan fingerprint density at radius 1 is 1.40 bits per heavy atom. The van der Waals surface area contributed by atoms with Crippen molar-refractivity contribution in [2.75, 3.05) is 20.2 Å². The van der Waals surface area contributed by atoms with Gasteiger partial charge in [-0.2, -0.15) is 0 Å². The van der Waals surface area contributed by atoms with Gasteiger partial charge in [-0.25, -0.2) is 4.79 Å². The molecule has 0 aromatic heterocycles. The van der Waals surface area contributed by atoms with Gasteiger partial charge in [-0.05, 0) is 48.0 Å². The van der Waals surface area contributed by atoms with E-state index >= 15 is 0 Å². The average molecular weight is 286 g/mol. The molecule has 118 valence electrons. The molecule has 0 radical (unpaired) electrons. The summed E-state index contributed by atoms with van der Waals surface area (Å²) in [6, 6.07) is 0.485. The van der Waals surface area contributed by atoms with Crippen molar-refractivity contribution in [2.24, 2.45) is 0 Å². The van der Waals surface area contributed by atoms with Crippen LogP contribution in [0.15, 0.2) is 0 Å². The predicted molar refractivity (Wildman–Crippen MR) is 79.9 cm³/mol. The van der Waals surface area contributed by atoms with Crippen molar-refractivity contribution in [3.8, 4) is 0 Å². The molecule has 5 heteroatoms. The SMILES string of the molecule is COC1CN(C(C)C)CCC1(C)NC(=O)OC(C)(C)C. The van der Waals surface area contributed by atoms with E-state index in [0.29, 0.717) is 6.04 Å². The van der Waals surface area contributed by atoms with E-state index < -0.39 is 5.60 Å².